The Morgan fingerprint density at radius 1 is 1.06 bits per heavy atom. The number of halogens is 6. The molecule has 178 valence electrons. The van der Waals surface area contributed by atoms with E-state index in [1.54, 1.807) is 13.8 Å². The van der Waals surface area contributed by atoms with Crippen molar-refractivity contribution in [3.8, 4) is 16.9 Å². The van der Waals surface area contributed by atoms with Crippen molar-refractivity contribution in [2.75, 3.05) is 6.61 Å². The van der Waals surface area contributed by atoms with Crippen molar-refractivity contribution in [2.45, 2.75) is 38.5 Å². The van der Waals surface area contributed by atoms with Gasteiger partial charge in [0.15, 0.2) is 6.61 Å². The summed E-state index contributed by atoms with van der Waals surface area (Å²) in [6, 6.07) is 5.91. The highest BCUT2D eigenvalue weighted by atomic mass is 32.1. The number of fused-ring (bicyclic) bond motifs is 1. The minimum Gasteiger partial charge on any atom is -0.483 e. The van der Waals surface area contributed by atoms with Crippen LogP contribution in [0.2, 0.25) is 0 Å². The predicted molar refractivity (Wildman–Crippen MR) is 109 cm³/mol. The number of hydrogen-bond donors (Lipinski definition) is 1. The van der Waals surface area contributed by atoms with E-state index in [4.69, 9.17) is 0 Å². The van der Waals surface area contributed by atoms with Gasteiger partial charge in [-0.2, -0.15) is 35.1 Å². The molecule has 0 saturated carbocycles. The number of benzene rings is 2. The Labute approximate surface area is 188 Å². The molecule has 1 heterocycles. The molecule has 0 saturated heterocycles. The minimum atomic E-state index is -5.10. The maximum Gasteiger partial charge on any atom is 0.422 e. The van der Waals surface area contributed by atoms with Crippen molar-refractivity contribution in [3.05, 3.63) is 41.5 Å². The third kappa shape index (κ3) is 5.92. The number of aromatic nitrogens is 2. The molecule has 0 amide bonds. The molecule has 0 spiro atoms. The van der Waals surface area contributed by atoms with Crippen LogP contribution in [0.4, 0.5) is 26.3 Å². The first-order valence-electron chi connectivity index (χ1n) is 9.66. The smallest absolute Gasteiger partial charge is 0.422 e. The summed E-state index contributed by atoms with van der Waals surface area (Å²) in [7, 11) is 0. The van der Waals surface area contributed by atoms with E-state index in [1.165, 1.54) is 18.2 Å². The topological polar surface area (TPSA) is 72.3 Å². The fourth-order valence-corrected chi connectivity index (χ4v) is 3.90. The number of nitrogens with zero attached hydrogens (tertiary/aromatic N) is 2. The standard InChI is InChI=1S/C21H18F6N2O3S/c1-10(2)5-14(19(30)31)12-6-13(11-3-4-16-17(8-11)29-33-28-16)18(32-9-20(22,23)24)15(7-12)21(25,26)27/h3-4,6-8,10,14H,5,9H2,1-2H3,(H,30,31)/t14-/m1/s1. The van der Waals surface area contributed by atoms with Gasteiger partial charge < -0.3 is 9.84 Å². The van der Waals surface area contributed by atoms with Crippen LogP contribution in [0.1, 0.15) is 37.3 Å². The number of carboxylic acids is 1. The van der Waals surface area contributed by atoms with Crippen LogP contribution >= 0.6 is 11.7 Å². The van der Waals surface area contributed by atoms with E-state index < -0.39 is 42.2 Å². The number of aliphatic carboxylic acids is 1. The molecule has 0 unspecified atom stereocenters. The highest BCUT2D eigenvalue weighted by molar-refractivity contribution is 7.00. The summed E-state index contributed by atoms with van der Waals surface area (Å²) in [4.78, 5) is 11.8. The molecular formula is C21H18F6N2O3S. The Morgan fingerprint density at radius 3 is 2.30 bits per heavy atom. The SMILES string of the molecule is CC(C)C[C@@H](C(=O)O)c1cc(-c2ccc3nsnc3c2)c(OCC(F)(F)F)c(C(F)(F)F)c1. The Hall–Kier alpha value is -2.89. The lowest BCUT2D eigenvalue weighted by Gasteiger charge is -2.23. The van der Waals surface area contributed by atoms with E-state index in [9.17, 15) is 36.2 Å². The van der Waals surface area contributed by atoms with Crippen molar-refractivity contribution in [2.24, 2.45) is 5.92 Å². The van der Waals surface area contributed by atoms with Gasteiger partial charge >= 0.3 is 18.3 Å². The quantitative estimate of drug-likeness (QED) is 0.380. The summed E-state index contributed by atoms with van der Waals surface area (Å²) in [6.07, 6.45) is -9.95. The third-order valence-corrected chi connectivity index (χ3v) is 5.33. The second-order valence-corrected chi connectivity index (χ2v) is 8.36. The molecule has 2 aromatic carbocycles. The molecule has 1 atom stereocenters. The molecule has 3 aromatic rings. The maximum absolute atomic E-state index is 13.9. The van der Waals surface area contributed by atoms with Gasteiger partial charge in [-0.3, -0.25) is 4.79 Å². The van der Waals surface area contributed by atoms with Crippen LogP contribution in [0.5, 0.6) is 5.75 Å². The largest absolute Gasteiger partial charge is 0.483 e. The molecule has 0 fully saturated rings. The molecular weight excluding hydrogens is 474 g/mol. The second kappa shape index (κ2) is 9.16. The van der Waals surface area contributed by atoms with Crippen LogP contribution in [-0.2, 0) is 11.0 Å². The van der Waals surface area contributed by atoms with E-state index in [0.717, 1.165) is 17.8 Å². The Kier molecular flexibility index (Phi) is 6.87. The van der Waals surface area contributed by atoms with Gasteiger partial charge in [-0.1, -0.05) is 19.9 Å². The maximum atomic E-state index is 13.9. The van der Waals surface area contributed by atoms with E-state index in [2.05, 4.69) is 13.5 Å². The third-order valence-electron chi connectivity index (χ3n) is 4.77. The fourth-order valence-electron chi connectivity index (χ4n) is 3.39. The van der Waals surface area contributed by atoms with Gasteiger partial charge in [0.25, 0.3) is 0 Å². The zero-order chi connectivity index (χ0) is 24.6. The van der Waals surface area contributed by atoms with Crippen LogP contribution in [0.25, 0.3) is 22.2 Å². The lowest BCUT2D eigenvalue weighted by molar-refractivity contribution is -0.158. The molecule has 1 N–H and O–H groups in total. The summed E-state index contributed by atoms with van der Waals surface area (Å²) in [5.74, 6) is -3.83. The van der Waals surface area contributed by atoms with Crippen molar-refractivity contribution in [1.82, 2.24) is 8.75 Å². The van der Waals surface area contributed by atoms with Crippen LogP contribution in [0, 0.1) is 5.92 Å². The van der Waals surface area contributed by atoms with Crippen LogP contribution in [0.15, 0.2) is 30.3 Å². The lowest BCUT2D eigenvalue weighted by atomic mass is 9.86. The summed E-state index contributed by atoms with van der Waals surface area (Å²) in [6.45, 7) is 1.48. The van der Waals surface area contributed by atoms with Gasteiger partial charge in [0, 0.05) is 5.56 Å². The highest BCUT2D eigenvalue weighted by Gasteiger charge is 2.39. The first-order valence-corrected chi connectivity index (χ1v) is 10.4. The summed E-state index contributed by atoms with van der Waals surface area (Å²) in [5, 5.41) is 9.65. The van der Waals surface area contributed by atoms with Gasteiger partial charge in [0.1, 0.15) is 16.8 Å². The minimum absolute atomic E-state index is 0.0316. The molecule has 0 aliphatic rings. The molecule has 12 heteroatoms. The zero-order valence-electron chi connectivity index (χ0n) is 17.3. The molecule has 0 aliphatic carbocycles. The van der Waals surface area contributed by atoms with Crippen LogP contribution in [-0.4, -0.2) is 32.6 Å². The van der Waals surface area contributed by atoms with E-state index in [0.29, 0.717) is 17.1 Å². The number of carbonyl (C=O) groups is 1. The lowest BCUT2D eigenvalue weighted by Crippen LogP contribution is -2.22. The van der Waals surface area contributed by atoms with Crippen molar-refractivity contribution < 1.29 is 41.0 Å². The number of hydrogen-bond acceptors (Lipinski definition) is 5. The highest BCUT2D eigenvalue weighted by Crippen LogP contribution is 2.45. The number of rotatable bonds is 7. The van der Waals surface area contributed by atoms with Gasteiger partial charge in [-0.05, 0) is 47.7 Å². The average molecular weight is 492 g/mol. The molecule has 1 aromatic heterocycles. The molecule has 5 nitrogen and oxygen atoms in total. The first-order chi connectivity index (χ1) is 15.3. The molecule has 3 rings (SSSR count). The fraction of sp³-hybridized carbons (Fsp3) is 0.381. The summed E-state index contributed by atoms with van der Waals surface area (Å²) >= 11 is 0.863. The number of alkyl halides is 6. The van der Waals surface area contributed by atoms with Crippen LogP contribution in [0.3, 0.4) is 0 Å². The monoisotopic (exact) mass is 492 g/mol. The van der Waals surface area contributed by atoms with Crippen molar-refractivity contribution in [1.29, 1.82) is 0 Å². The number of ether oxygens (including phenoxy) is 1. The Balaban J connectivity index is 2.30. The van der Waals surface area contributed by atoms with Gasteiger partial charge in [0.2, 0.25) is 0 Å². The van der Waals surface area contributed by atoms with Crippen molar-refractivity contribution in [3.63, 3.8) is 0 Å². The van der Waals surface area contributed by atoms with E-state index >= 15 is 0 Å². The van der Waals surface area contributed by atoms with E-state index in [-0.39, 0.29) is 29.0 Å². The normalized spacial score (nSPS) is 13.5. The van der Waals surface area contributed by atoms with Gasteiger partial charge in [0.05, 0.1) is 23.2 Å². The first kappa shape index (κ1) is 24.7. The average Bonchev–Trinajstić information content (AvgIpc) is 3.16. The Bertz CT molecular complexity index is 1160. The second-order valence-electron chi connectivity index (χ2n) is 7.83. The van der Waals surface area contributed by atoms with Gasteiger partial charge in [-0.25, -0.2) is 0 Å². The number of carboxylic acid groups (broad SMARTS) is 1. The summed E-state index contributed by atoms with van der Waals surface area (Å²) < 4.78 is 93.0. The van der Waals surface area contributed by atoms with E-state index in [1.807, 2.05) is 0 Å². The molecule has 33 heavy (non-hydrogen) atoms. The molecule has 0 bridgehead atoms. The summed E-state index contributed by atoms with van der Waals surface area (Å²) in [5.41, 5.74) is -1.10. The van der Waals surface area contributed by atoms with Crippen molar-refractivity contribution >= 4 is 28.7 Å². The zero-order valence-corrected chi connectivity index (χ0v) is 18.1. The molecule has 0 radical (unpaired) electrons. The Morgan fingerprint density at radius 2 is 1.73 bits per heavy atom. The molecule has 0 aliphatic heterocycles. The van der Waals surface area contributed by atoms with Crippen LogP contribution < -0.4 is 4.74 Å². The predicted octanol–water partition coefficient (Wildman–Crippen LogP) is 6.53. The van der Waals surface area contributed by atoms with Gasteiger partial charge in [-0.15, -0.1) is 0 Å².